The minimum atomic E-state index is -0.273. The fourth-order valence-electron chi connectivity index (χ4n) is 3.75. The van der Waals surface area contributed by atoms with Crippen LogP contribution in [0.25, 0.3) is 11.1 Å². The first-order valence-corrected chi connectivity index (χ1v) is 13.2. The van der Waals surface area contributed by atoms with Gasteiger partial charge in [0.25, 0.3) is 10.6 Å². The first kappa shape index (κ1) is 22.4. The molecule has 4 nitrogen and oxygen atoms in total. The van der Waals surface area contributed by atoms with Gasteiger partial charge in [-0.1, -0.05) is 46.8 Å². The number of benzene rings is 2. The maximum Gasteiger partial charge on any atom is 0.271 e. The third-order valence-corrected chi connectivity index (χ3v) is 9.01. The fraction of sp³-hybridized carbons (Fsp3) is 0.167. The smallest absolute Gasteiger partial charge is 0.271 e. The highest BCUT2D eigenvalue weighted by Gasteiger charge is 2.25. The summed E-state index contributed by atoms with van der Waals surface area (Å²) in [5.41, 5.74) is 2.05. The summed E-state index contributed by atoms with van der Waals surface area (Å²) < 4.78 is 19.3. The molecule has 2 aromatic carbocycles. The molecule has 0 radical (unpaired) electrons. The molecule has 0 fully saturated rings. The van der Waals surface area contributed by atoms with Crippen LogP contribution in [0.2, 0.25) is 5.02 Å². The van der Waals surface area contributed by atoms with E-state index >= 15 is 0 Å². The molecule has 0 N–H and O–H groups in total. The van der Waals surface area contributed by atoms with Gasteiger partial charge in [0.15, 0.2) is 12.7 Å². The number of hydrogen-bond acceptors (Lipinski definition) is 5. The standard InChI is InChI=1S/C24H20ClFN3OS3/c1-3-29-21(13-20-28(10-11-31-20)14-15-4-6-16(25)7-5-15)33-22(23(29)30)24-27(2)18-9-8-17(26)12-19(18)32-24/h4-13H,3,14H2,1-2H3/q+1/b24-22+. The molecule has 1 aliphatic heterocycles. The summed E-state index contributed by atoms with van der Waals surface area (Å²) in [6, 6.07) is 12.6. The van der Waals surface area contributed by atoms with Gasteiger partial charge in [0.2, 0.25) is 0 Å². The number of anilines is 1. The van der Waals surface area contributed by atoms with Gasteiger partial charge in [-0.3, -0.25) is 9.36 Å². The lowest BCUT2D eigenvalue weighted by Crippen LogP contribution is -2.36. The Kier molecular flexibility index (Phi) is 6.18. The maximum atomic E-state index is 13.7. The second kappa shape index (κ2) is 9.10. The van der Waals surface area contributed by atoms with Gasteiger partial charge in [-0.05, 0) is 37.3 Å². The first-order chi connectivity index (χ1) is 15.9. The van der Waals surface area contributed by atoms with Crippen LogP contribution in [0.3, 0.4) is 0 Å². The Hall–Kier alpha value is -2.39. The zero-order valence-corrected chi connectivity index (χ0v) is 21.1. The minimum Gasteiger partial charge on any atom is -0.337 e. The minimum absolute atomic E-state index is 0.0165. The average molecular weight is 517 g/mol. The van der Waals surface area contributed by atoms with Gasteiger partial charge in [-0.15, -0.1) is 11.3 Å². The van der Waals surface area contributed by atoms with Crippen LogP contribution in [-0.2, 0) is 13.1 Å². The third-order valence-electron chi connectivity index (χ3n) is 5.44. The Morgan fingerprint density at radius 1 is 1.18 bits per heavy atom. The molecule has 0 bridgehead atoms. The predicted octanol–water partition coefficient (Wildman–Crippen LogP) is 4.26. The van der Waals surface area contributed by atoms with Crippen LogP contribution in [0.5, 0.6) is 0 Å². The highest BCUT2D eigenvalue weighted by atomic mass is 35.5. The summed E-state index contributed by atoms with van der Waals surface area (Å²) in [7, 11) is 1.92. The molecule has 0 saturated carbocycles. The van der Waals surface area contributed by atoms with Crippen LogP contribution in [0.4, 0.5) is 10.1 Å². The molecule has 9 heteroatoms. The van der Waals surface area contributed by atoms with Crippen molar-refractivity contribution < 1.29 is 8.96 Å². The van der Waals surface area contributed by atoms with Crippen LogP contribution in [0, 0.1) is 5.82 Å². The van der Waals surface area contributed by atoms with E-state index < -0.39 is 0 Å². The number of rotatable bonds is 4. The third kappa shape index (κ3) is 4.28. The highest BCUT2D eigenvalue weighted by molar-refractivity contribution is 8.08. The van der Waals surface area contributed by atoms with Crippen molar-refractivity contribution in [3.8, 4) is 0 Å². The molecule has 0 aliphatic carbocycles. The summed E-state index contributed by atoms with van der Waals surface area (Å²) in [6.45, 7) is 3.27. The molecule has 5 rings (SSSR count). The van der Waals surface area contributed by atoms with E-state index in [1.807, 2.05) is 48.5 Å². The molecule has 0 atom stereocenters. The number of hydrogen-bond donors (Lipinski definition) is 0. The summed E-state index contributed by atoms with van der Waals surface area (Å²) in [5.74, 6) is -0.273. The molecule has 2 aromatic heterocycles. The molecule has 4 aromatic rings. The molecule has 168 valence electrons. The second-order valence-corrected chi connectivity index (χ2v) is 11.0. The molecule has 0 spiro atoms. The van der Waals surface area contributed by atoms with Crippen molar-refractivity contribution in [1.82, 2.24) is 4.57 Å². The van der Waals surface area contributed by atoms with Crippen molar-refractivity contribution in [3.63, 3.8) is 0 Å². The van der Waals surface area contributed by atoms with E-state index in [1.54, 1.807) is 22.0 Å². The summed E-state index contributed by atoms with van der Waals surface area (Å²) in [6.07, 6.45) is 4.13. The Balaban J connectivity index is 1.59. The van der Waals surface area contributed by atoms with Gasteiger partial charge < -0.3 is 4.90 Å². The average Bonchev–Trinajstić information content (AvgIpc) is 3.46. The van der Waals surface area contributed by atoms with Crippen molar-refractivity contribution >= 4 is 62.8 Å². The number of fused-ring (bicyclic) bond motifs is 1. The van der Waals surface area contributed by atoms with E-state index in [2.05, 4.69) is 16.8 Å². The molecule has 1 aliphatic rings. The van der Waals surface area contributed by atoms with Crippen LogP contribution in [-0.4, -0.2) is 11.6 Å². The zero-order chi connectivity index (χ0) is 23.1. The Labute approximate surface area is 207 Å². The normalized spacial score (nSPS) is 15.4. The van der Waals surface area contributed by atoms with Gasteiger partial charge in [0.1, 0.15) is 20.0 Å². The maximum absolute atomic E-state index is 13.7. The monoisotopic (exact) mass is 516 g/mol. The van der Waals surface area contributed by atoms with Gasteiger partial charge in [-0.25, -0.2) is 4.39 Å². The topological polar surface area (TPSA) is 29.1 Å². The molecule has 33 heavy (non-hydrogen) atoms. The molecular formula is C24H20ClFN3OS3+. The predicted molar refractivity (Wildman–Crippen MR) is 136 cm³/mol. The lowest BCUT2D eigenvalue weighted by atomic mass is 10.2. The van der Waals surface area contributed by atoms with Crippen molar-refractivity contribution in [3.05, 3.63) is 95.0 Å². The molecule has 0 amide bonds. The number of halogens is 2. The van der Waals surface area contributed by atoms with E-state index in [4.69, 9.17) is 11.6 Å². The number of thiazole rings is 2. The van der Waals surface area contributed by atoms with E-state index in [-0.39, 0.29) is 11.4 Å². The van der Waals surface area contributed by atoms with E-state index in [1.165, 1.54) is 35.2 Å². The summed E-state index contributed by atoms with van der Waals surface area (Å²) in [4.78, 5) is 16.1. The first-order valence-electron chi connectivity index (χ1n) is 10.3. The Morgan fingerprint density at radius 3 is 2.73 bits per heavy atom. The van der Waals surface area contributed by atoms with Crippen LogP contribution in [0.15, 0.2) is 63.7 Å². The highest BCUT2D eigenvalue weighted by Crippen LogP contribution is 2.45. The Morgan fingerprint density at radius 2 is 1.97 bits per heavy atom. The molecular weight excluding hydrogens is 497 g/mol. The van der Waals surface area contributed by atoms with Crippen LogP contribution in [0.1, 0.15) is 17.5 Å². The quantitative estimate of drug-likeness (QED) is 0.380. The van der Waals surface area contributed by atoms with Gasteiger partial charge in [-0.2, -0.15) is 4.57 Å². The van der Waals surface area contributed by atoms with Crippen molar-refractivity contribution in [2.75, 3.05) is 11.9 Å². The largest absolute Gasteiger partial charge is 0.337 e. The summed E-state index contributed by atoms with van der Waals surface area (Å²) in [5, 5.41) is 4.66. The van der Waals surface area contributed by atoms with E-state index in [0.717, 1.165) is 42.4 Å². The molecule has 0 unspecified atom stereocenters. The number of nitrogens with zero attached hydrogens (tertiary/aromatic N) is 3. The van der Waals surface area contributed by atoms with E-state index in [0.29, 0.717) is 11.1 Å². The van der Waals surface area contributed by atoms with Crippen molar-refractivity contribution in [2.45, 2.75) is 24.9 Å². The molecule has 3 heterocycles. The van der Waals surface area contributed by atoms with Crippen molar-refractivity contribution in [2.24, 2.45) is 0 Å². The lowest BCUT2D eigenvalue weighted by molar-refractivity contribution is -0.685. The SMILES string of the molecule is CCn1c(=O)/c(=C2\Sc3cc(F)ccc3N2C)s/c1=C\c1scc[n+]1Cc1ccc(Cl)cc1. The number of thioether (sulfide) groups is 1. The Bertz CT molecular complexity index is 1520. The van der Waals surface area contributed by atoms with Crippen molar-refractivity contribution in [1.29, 1.82) is 0 Å². The van der Waals surface area contributed by atoms with Crippen LogP contribution < -0.4 is 24.2 Å². The van der Waals surface area contributed by atoms with Gasteiger partial charge in [0, 0.05) is 29.1 Å². The van der Waals surface area contributed by atoms with Gasteiger partial charge >= 0.3 is 0 Å². The lowest BCUT2D eigenvalue weighted by Gasteiger charge is -2.12. The van der Waals surface area contributed by atoms with Crippen LogP contribution >= 0.6 is 46.0 Å². The second-order valence-electron chi connectivity index (χ2n) is 7.54. The number of aromatic nitrogens is 2. The summed E-state index contributed by atoms with van der Waals surface area (Å²) >= 11 is 10.6. The van der Waals surface area contributed by atoms with Gasteiger partial charge in [0.05, 0.1) is 17.1 Å². The fourth-order valence-corrected chi connectivity index (χ4v) is 7.22. The van der Waals surface area contributed by atoms with E-state index in [9.17, 15) is 9.18 Å². The molecule has 0 saturated heterocycles. The zero-order valence-electron chi connectivity index (χ0n) is 17.9.